The number of rotatable bonds is 61. The van der Waals surface area contributed by atoms with Crippen LogP contribution in [0.15, 0.2) is 97.2 Å². The lowest BCUT2D eigenvalue weighted by atomic mass is 10.0. The highest BCUT2D eigenvalue weighted by Gasteiger charge is 2.19. The molecule has 0 fully saturated rings. The molecule has 0 amide bonds. The van der Waals surface area contributed by atoms with Crippen molar-refractivity contribution in [2.75, 3.05) is 13.2 Å². The second-order valence-electron chi connectivity index (χ2n) is 22.4. The highest BCUT2D eigenvalue weighted by molar-refractivity contribution is 5.71. The molecule has 6 heteroatoms. The van der Waals surface area contributed by atoms with Crippen molar-refractivity contribution in [1.82, 2.24) is 0 Å². The quantitative estimate of drug-likeness (QED) is 0.0261. The number of hydrogen-bond donors (Lipinski definition) is 0. The van der Waals surface area contributed by atoms with Gasteiger partial charge in [-0.2, -0.15) is 0 Å². The van der Waals surface area contributed by atoms with Crippen molar-refractivity contribution >= 4 is 17.9 Å². The predicted molar refractivity (Wildman–Crippen MR) is 344 cm³/mol. The summed E-state index contributed by atoms with van der Waals surface area (Å²) >= 11 is 0. The van der Waals surface area contributed by atoms with E-state index in [4.69, 9.17) is 14.2 Å². The lowest BCUT2D eigenvalue weighted by Gasteiger charge is -2.18. The van der Waals surface area contributed by atoms with E-state index in [0.717, 1.165) is 109 Å². The lowest BCUT2D eigenvalue weighted by molar-refractivity contribution is -0.167. The van der Waals surface area contributed by atoms with Crippen LogP contribution in [0.3, 0.4) is 0 Å². The Balaban J connectivity index is 4.34. The standard InChI is InChI=1S/C73H126O6/c1-4-7-10-13-16-19-22-25-28-30-31-32-33-34-35-36-37-38-39-40-41-43-45-48-51-54-57-60-63-66-72(75)78-69-70(68-77-71(74)65-62-59-56-53-50-47-44-27-24-21-18-15-12-9-6-3)79-73(76)67-64-61-58-55-52-49-46-42-29-26-23-20-17-14-11-8-5-2/h7,10,16,19,25-26,28-29,31-32,34-35,37-38,40-41,70H,4-6,8-9,11-15,17-18,20-24,27,30,33,36,39,42-69H2,1-3H3/b10-7-,19-16-,28-25-,29-26-,32-31-,35-34-,38-37-,41-40-. The molecular weight excluding hydrogens is 973 g/mol. The molecule has 454 valence electrons. The van der Waals surface area contributed by atoms with Crippen LogP contribution in [-0.4, -0.2) is 37.2 Å². The summed E-state index contributed by atoms with van der Waals surface area (Å²) in [6.45, 7) is 6.55. The molecule has 0 aromatic carbocycles. The van der Waals surface area contributed by atoms with Crippen LogP contribution in [0.1, 0.15) is 329 Å². The van der Waals surface area contributed by atoms with Crippen molar-refractivity contribution in [3.63, 3.8) is 0 Å². The Labute approximate surface area is 489 Å². The molecule has 0 heterocycles. The third-order valence-electron chi connectivity index (χ3n) is 14.6. The molecule has 0 bridgehead atoms. The molecule has 79 heavy (non-hydrogen) atoms. The van der Waals surface area contributed by atoms with Crippen LogP contribution in [0.25, 0.3) is 0 Å². The maximum atomic E-state index is 12.9. The smallest absolute Gasteiger partial charge is 0.306 e. The third-order valence-corrected chi connectivity index (χ3v) is 14.6. The molecule has 0 saturated carbocycles. The molecule has 0 rings (SSSR count). The minimum atomic E-state index is -0.784. The summed E-state index contributed by atoms with van der Waals surface area (Å²) in [7, 11) is 0. The normalized spacial score (nSPS) is 12.7. The molecule has 0 radical (unpaired) electrons. The van der Waals surface area contributed by atoms with Gasteiger partial charge in [0, 0.05) is 19.3 Å². The largest absolute Gasteiger partial charge is 0.462 e. The van der Waals surface area contributed by atoms with Crippen molar-refractivity contribution in [3.05, 3.63) is 97.2 Å². The lowest BCUT2D eigenvalue weighted by Crippen LogP contribution is -2.30. The summed E-state index contributed by atoms with van der Waals surface area (Å²) < 4.78 is 17.0. The number of carbonyl (C=O) groups excluding carboxylic acids is 3. The molecule has 0 aromatic rings. The van der Waals surface area contributed by atoms with Crippen LogP contribution in [0, 0.1) is 0 Å². The van der Waals surface area contributed by atoms with Gasteiger partial charge in [-0.05, 0) is 103 Å². The Kier molecular flexibility index (Phi) is 63.7. The summed E-state index contributed by atoms with van der Waals surface area (Å²) in [5, 5.41) is 0. The second-order valence-corrected chi connectivity index (χ2v) is 22.4. The first-order chi connectivity index (χ1) is 39.0. The SMILES string of the molecule is CC/C=C\C/C=C\C/C=C\C/C=C\C/C=C\C/C=C\C/C=C\CCCCCCCCCC(=O)OCC(COC(=O)CCCCCCCCCCCCCCCCC)OC(=O)CCCCCCCCC/C=C\CCCCCCCC. The van der Waals surface area contributed by atoms with Crippen LogP contribution in [0.2, 0.25) is 0 Å². The molecule has 0 aliphatic carbocycles. The maximum Gasteiger partial charge on any atom is 0.306 e. The Morgan fingerprint density at radius 1 is 0.266 bits per heavy atom. The highest BCUT2D eigenvalue weighted by atomic mass is 16.6. The Bertz CT molecular complexity index is 1540. The summed E-state index contributed by atoms with van der Waals surface area (Å²) in [6, 6.07) is 0. The monoisotopic (exact) mass is 1100 g/mol. The number of unbranched alkanes of at least 4 members (excludes halogenated alkanes) is 34. The van der Waals surface area contributed by atoms with Gasteiger partial charge in [-0.15, -0.1) is 0 Å². The van der Waals surface area contributed by atoms with E-state index < -0.39 is 6.10 Å². The molecule has 1 unspecified atom stereocenters. The van der Waals surface area contributed by atoms with E-state index in [0.29, 0.717) is 19.3 Å². The Morgan fingerprint density at radius 3 is 0.785 bits per heavy atom. The molecule has 1 atom stereocenters. The molecule has 0 aliphatic heterocycles. The molecule has 0 spiro atoms. The Hall–Kier alpha value is -3.67. The first-order valence-corrected chi connectivity index (χ1v) is 33.7. The van der Waals surface area contributed by atoms with Gasteiger partial charge in [0.15, 0.2) is 6.10 Å². The fraction of sp³-hybridized carbons (Fsp3) is 0.740. The third kappa shape index (κ3) is 65.0. The van der Waals surface area contributed by atoms with Crippen molar-refractivity contribution < 1.29 is 28.6 Å². The predicted octanol–water partition coefficient (Wildman–Crippen LogP) is 23.2. The summed E-state index contributed by atoms with van der Waals surface area (Å²) in [4.78, 5) is 38.4. The topological polar surface area (TPSA) is 78.9 Å². The van der Waals surface area contributed by atoms with Gasteiger partial charge in [0.2, 0.25) is 0 Å². The van der Waals surface area contributed by atoms with E-state index in [9.17, 15) is 14.4 Å². The van der Waals surface area contributed by atoms with Gasteiger partial charge < -0.3 is 14.2 Å². The van der Waals surface area contributed by atoms with Crippen LogP contribution in [0.5, 0.6) is 0 Å². The van der Waals surface area contributed by atoms with Gasteiger partial charge in [0.25, 0.3) is 0 Å². The summed E-state index contributed by atoms with van der Waals surface area (Å²) in [5.41, 5.74) is 0. The fourth-order valence-corrected chi connectivity index (χ4v) is 9.54. The van der Waals surface area contributed by atoms with Crippen molar-refractivity contribution in [2.45, 2.75) is 335 Å². The number of hydrogen-bond acceptors (Lipinski definition) is 6. The van der Waals surface area contributed by atoms with Gasteiger partial charge in [-0.1, -0.05) is 304 Å². The number of allylic oxidation sites excluding steroid dienone is 16. The average Bonchev–Trinajstić information content (AvgIpc) is 3.45. The zero-order valence-electron chi connectivity index (χ0n) is 52.1. The van der Waals surface area contributed by atoms with Crippen molar-refractivity contribution in [1.29, 1.82) is 0 Å². The van der Waals surface area contributed by atoms with E-state index in [1.807, 2.05) is 0 Å². The van der Waals surface area contributed by atoms with Gasteiger partial charge in [-0.25, -0.2) is 0 Å². The number of carbonyl (C=O) groups is 3. The van der Waals surface area contributed by atoms with Crippen molar-refractivity contribution in [2.24, 2.45) is 0 Å². The molecule has 6 nitrogen and oxygen atoms in total. The summed E-state index contributed by atoms with van der Waals surface area (Å²) in [5.74, 6) is -0.881. The van der Waals surface area contributed by atoms with E-state index in [-0.39, 0.29) is 31.1 Å². The zero-order chi connectivity index (χ0) is 57.1. The van der Waals surface area contributed by atoms with Crippen LogP contribution in [0.4, 0.5) is 0 Å². The zero-order valence-corrected chi connectivity index (χ0v) is 52.1. The van der Waals surface area contributed by atoms with Crippen LogP contribution in [-0.2, 0) is 28.6 Å². The van der Waals surface area contributed by atoms with E-state index in [2.05, 4.69) is 118 Å². The first kappa shape index (κ1) is 75.3. The average molecular weight is 1100 g/mol. The van der Waals surface area contributed by atoms with Gasteiger partial charge in [0.05, 0.1) is 0 Å². The number of esters is 3. The first-order valence-electron chi connectivity index (χ1n) is 33.7. The highest BCUT2D eigenvalue weighted by Crippen LogP contribution is 2.17. The van der Waals surface area contributed by atoms with Gasteiger partial charge in [0.1, 0.15) is 13.2 Å². The Morgan fingerprint density at radius 2 is 0.494 bits per heavy atom. The van der Waals surface area contributed by atoms with E-state index in [1.165, 1.54) is 180 Å². The molecule has 0 saturated heterocycles. The minimum Gasteiger partial charge on any atom is -0.462 e. The number of ether oxygens (including phenoxy) is 3. The fourth-order valence-electron chi connectivity index (χ4n) is 9.54. The molecular formula is C73H126O6. The van der Waals surface area contributed by atoms with Crippen LogP contribution >= 0.6 is 0 Å². The molecule has 0 aliphatic rings. The second kappa shape index (κ2) is 66.8. The maximum absolute atomic E-state index is 12.9. The van der Waals surface area contributed by atoms with Gasteiger partial charge >= 0.3 is 17.9 Å². The molecule has 0 N–H and O–H groups in total. The van der Waals surface area contributed by atoms with Crippen molar-refractivity contribution in [3.8, 4) is 0 Å². The van der Waals surface area contributed by atoms with Gasteiger partial charge in [-0.3, -0.25) is 14.4 Å². The van der Waals surface area contributed by atoms with E-state index in [1.54, 1.807) is 0 Å². The minimum absolute atomic E-state index is 0.0793. The summed E-state index contributed by atoms with van der Waals surface area (Å²) in [6.07, 6.45) is 89.8. The van der Waals surface area contributed by atoms with Crippen LogP contribution < -0.4 is 0 Å². The van der Waals surface area contributed by atoms with E-state index >= 15 is 0 Å². The molecule has 0 aromatic heterocycles.